The van der Waals surface area contributed by atoms with Crippen molar-refractivity contribution in [1.29, 1.82) is 0 Å². The molecular formula is C21H28N4O2. The molecule has 2 aromatic rings. The zero-order chi connectivity index (χ0) is 19.4. The van der Waals surface area contributed by atoms with Crippen LogP contribution < -0.4 is 5.32 Å². The van der Waals surface area contributed by atoms with E-state index in [9.17, 15) is 9.59 Å². The van der Waals surface area contributed by atoms with Gasteiger partial charge in [-0.1, -0.05) is 20.8 Å². The summed E-state index contributed by atoms with van der Waals surface area (Å²) >= 11 is 0. The highest BCUT2D eigenvalue weighted by Crippen LogP contribution is 2.19. The summed E-state index contributed by atoms with van der Waals surface area (Å²) in [5.74, 6) is 0.799. The molecule has 1 aromatic carbocycles. The van der Waals surface area contributed by atoms with Gasteiger partial charge >= 0.3 is 0 Å². The average molecular weight is 368 g/mol. The van der Waals surface area contributed by atoms with E-state index in [2.05, 4.69) is 17.3 Å². The third-order valence-corrected chi connectivity index (χ3v) is 5.08. The molecule has 2 amide bonds. The number of piperidine rings is 1. The molecule has 1 aliphatic rings. The number of likely N-dealkylation sites (tertiary alicyclic amines) is 1. The zero-order valence-corrected chi connectivity index (χ0v) is 16.3. The highest BCUT2D eigenvalue weighted by molar-refractivity contribution is 5.94. The maximum atomic E-state index is 12.6. The topological polar surface area (TPSA) is 67.2 Å². The van der Waals surface area contributed by atoms with Crippen LogP contribution in [-0.4, -0.2) is 39.6 Å². The van der Waals surface area contributed by atoms with Crippen molar-refractivity contribution in [1.82, 2.24) is 20.0 Å². The minimum absolute atomic E-state index is 0.0257. The Morgan fingerprint density at radius 3 is 2.48 bits per heavy atom. The molecule has 1 fully saturated rings. The lowest BCUT2D eigenvalue weighted by Crippen LogP contribution is -2.37. The quantitative estimate of drug-likeness (QED) is 0.882. The fourth-order valence-electron chi connectivity index (χ4n) is 3.14. The summed E-state index contributed by atoms with van der Waals surface area (Å²) in [6.45, 7) is 8.11. The maximum absolute atomic E-state index is 12.6. The van der Waals surface area contributed by atoms with Crippen LogP contribution in [0.15, 0.2) is 36.7 Å². The molecule has 1 saturated heterocycles. The molecule has 0 radical (unpaired) electrons. The van der Waals surface area contributed by atoms with E-state index in [1.54, 1.807) is 10.9 Å². The predicted molar refractivity (Wildman–Crippen MR) is 105 cm³/mol. The Morgan fingerprint density at radius 2 is 1.85 bits per heavy atom. The number of benzene rings is 1. The van der Waals surface area contributed by atoms with Crippen molar-refractivity contribution >= 4 is 11.8 Å². The van der Waals surface area contributed by atoms with E-state index < -0.39 is 0 Å². The van der Waals surface area contributed by atoms with Gasteiger partial charge in [0.05, 0.1) is 11.9 Å². The smallest absolute Gasteiger partial charge is 0.253 e. The largest absolute Gasteiger partial charge is 0.352 e. The van der Waals surface area contributed by atoms with E-state index in [1.807, 2.05) is 49.2 Å². The highest BCUT2D eigenvalue weighted by atomic mass is 16.2. The monoisotopic (exact) mass is 368 g/mol. The molecule has 27 heavy (non-hydrogen) atoms. The van der Waals surface area contributed by atoms with Gasteiger partial charge in [0.1, 0.15) is 0 Å². The molecule has 3 rings (SSSR count). The minimum Gasteiger partial charge on any atom is -0.352 e. The lowest BCUT2D eigenvalue weighted by atomic mass is 9.98. The van der Waals surface area contributed by atoms with E-state index >= 15 is 0 Å². The number of nitrogens with zero attached hydrogens (tertiary/aromatic N) is 3. The van der Waals surface area contributed by atoms with Crippen LogP contribution >= 0.6 is 0 Å². The molecule has 0 atom stereocenters. The third kappa shape index (κ3) is 4.76. The lowest BCUT2D eigenvalue weighted by molar-refractivity contribution is -0.124. The SMILES string of the molecule is CC1CCN(C(=O)c2ccc(-n3cc(CNC(=O)C(C)C)cn3)cc2)CC1. The second kappa shape index (κ2) is 8.37. The lowest BCUT2D eigenvalue weighted by Gasteiger charge is -2.30. The fourth-order valence-corrected chi connectivity index (χ4v) is 3.14. The number of rotatable bonds is 5. The Labute approximate surface area is 160 Å². The molecule has 0 aliphatic carbocycles. The number of aromatic nitrogens is 2. The first-order valence-corrected chi connectivity index (χ1v) is 9.65. The molecule has 1 aliphatic heterocycles. The Kier molecular flexibility index (Phi) is 5.94. The summed E-state index contributed by atoms with van der Waals surface area (Å²) in [6, 6.07) is 7.53. The molecule has 0 spiro atoms. The van der Waals surface area contributed by atoms with Gasteiger partial charge < -0.3 is 10.2 Å². The van der Waals surface area contributed by atoms with Crippen LogP contribution in [0.2, 0.25) is 0 Å². The molecule has 0 bridgehead atoms. The van der Waals surface area contributed by atoms with Crippen LogP contribution in [0.5, 0.6) is 0 Å². The second-order valence-electron chi connectivity index (χ2n) is 7.69. The van der Waals surface area contributed by atoms with Crippen molar-refractivity contribution in [2.45, 2.75) is 40.2 Å². The molecule has 0 saturated carbocycles. The summed E-state index contributed by atoms with van der Waals surface area (Å²) in [5, 5.41) is 7.24. The van der Waals surface area contributed by atoms with Gasteiger partial charge in [0, 0.05) is 42.9 Å². The first-order chi connectivity index (χ1) is 12.9. The number of amides is 2. The molecule has 2 heterocycles. The van der Waals surface area contributed by atoms with Crippen LogP contribution in [0.1, 0.15) is 49.5 Å². The van der Waals surface area contributed by atoms with Crippen LogP contribution in [0.25, 0.3) is 5.69 Å². The summed E-state index contributed by atoms with van der Waals surface area (Å²) < 4.78 is 1.76. The summed E-state index contributed by atoms with van der Waals surface area (Å²) in [4.78, 5) is 26.2. The average Bonchev–Trinajstić information content (AvgIpc) is 3.15. The third-order valence-electron chi connectivity index (χ3n) is 5.08. The van der Waals surface area contributed by atoms with Crippen LogP contribution in [0, 0.1) is 11.8 Å². The highest BCUT2D eigenvalue weighted by Gasteiger charge is 2.21. The van der Waals surface area contributed by atoms with Gasteiger partial charge in [0.2, 0.25) is 5.91 Å². The van der Waals surface area contributed by atoms with Crippen LogP contribution in [0.3, 0.4) is 0 Å². The predicted octanol–water partition coefficient (Wildman–Crippen LogP) is 3.02. The Morgan fingerprint density at radius 1 is 1.19 bits per heavy atom. The normalized spacial score (nSPS) is 15.2. The molecular weight excluding hydrogens is 340 g/mol. The molecule has 144 valence electrons. The summed E-state index contributed by atoms with van der Waals surface area (Å²) in [5.41, 5.74) is 2.54. The van der Waals surface area contributed by atoms with Crippen LogP contribution in [0.4, 0.5) is 0 Å². The van der Waals surface area contributed by atoms with E-state index in [0.717, 1.165) is 37.2 Å². The van der Waals surface area contributed by atoms with Crippen molar-refractivity contribution in [3.05, 3.63) is 47.8 Å². The minimum atomic E-state index is -0.0340. The standard InChI is InChI=1S/C21H28N4O2/c1-15(2)20(26)22-12-17-13-23-25(14-17)19-6-4-18(5-7-19)21(27)24-10-8-16(3)9-11-24/h4-7,13-16H,8-12H2,1-3H3,(H,22,26). The summed E-state index contributed by atoms with van der Waals surface area (Å²) in [6.07, 6.45) is 5.79. The van der Waals surface area contributed by atoms with Gasteiger partial charge in [-0.25, -0.2) is 4.68 Å². The first-order valence-electron chi connectivity index (χ1n) is 9.65. The molecule has 6 nitrogen and oxygen atoms in total. The van der Waals surface area contributed by atoms with Gasteiger partial charge in [-0.05, 0) is 43.0 Å². The van der Waals surface area contributed by atoms with E-state index in [1.165, 1.54) is 0 Å². The Balaban J connectivity index is 1.62. The van der Waals surface area contributed by atoms with E-state index in [0.29, 0.717) is 18.0 Å². The van der Waals surface area contributed by atoms with Crippen molar-refractivity contribution in [2.24, 2.45) is 11.8 Å². The first kappa shape index (κ1) is 19.1. The van der Waals surface area contributed by atoms with Crippen molar-refractivity contribution in [2.75, 3.05) is 13.1 Å². The van der Waals surface area contributed by atoms with Gasteiger partial charge in [-0.2, -0.15) is 5.10 Å². The Bertz CT molecular complexity index is 787. The van der Waals surface area contributed by atoms with Crippen LogP contribution in [-0.2, 0) is 11.3 Å². The number of nitrogens with one attached hydrogen (secondary N) is 1. The second-order valence-corrected chi connectivity index (χ2v) is 7.69. The maximum Gasteiger partial charge on any atom is 0.253 e. The number of hydrogen-bond acceptors (Lipinski definition) is 3. The van der Waals surface area contributed by atoms with Gasteiger partial charge in [-0.3, -0.25) is 9.59 Å². The van der Waals surface area contributed by atoms with Crippen molar-refractivity contribution < 1.29 is 9.59 Å². The number of hydrogen-bond donors (Lipinski definition) is 1. The fraction of sp³-hybridized carbons (Fsp3) is 0.476. The van der Waals surface area contributed by atoms with Gasteiger partial charge in [0.15, 0.2) is 0 Å². The molecule has 1 aromatic heterocycles. The van der Waals surface area contributed by atoms with E-state index in [-0.39, 0.29) is 17.7 Å². The molecule has 1 N–H and O–H groups in total. The number of carbonyl (C=O) groups is 2. The zero-order valence-electron chi connectivity index (χ0n) is 16.3. The summed E-state index contributed by atoms with van der Waals surface area (Å²) in [7, 11) is 0. The van der Waals surface area contributed by atoms with Crippen molar-refractivity contribution in [3.63, 3.8) is 0 Å². The number of carbonyl (C=O) groups excluding carboxylic acids is 2. The Hall–Kier alpha value is -2.63. The van der Waals surface area contributed by atoms with Crippen molar-refractivity contribution in [3.8, 4) is 5.69 Å². The molecule has 6 heteroatoms. The van der Waals surface area contributed by atoms with Gasteiger partial charge in [0.25, 0.3) is 5.91 Å². The van der Waals surface area contributed by atoms with E-state index in [4.69, 9.17) is 0 Å². The molecule has 0 unspecified atom stereocenters. The van der Waals surface area contributed by atoms with Gasteiger partial charge in [-0.15, -0.1) is 0 Å².